The van der Waals surface area contributed by atoms with Crippen LogP contribution >= 0.6 is 0 Å². The van der Waals surface area contributed by atoms with E-state index in [1.165, 1.54) is 18.5 Å². The van der Waals surface area contributed by atoms with E-state index < -0.39 is 0 Å². The van der Waals surface area contributed by atoms with E-state index >= 15 is 0 Å². The van der Waals surface area contributed by atoms with Crippen molar-refractivity contribution in [2.45, 2.75) is 0 Å². The molecule has 0 spiro atoms. The zero-order valence-corrected chi connectivity index (χ0v) is 8.96. The normalized spacial score (nSPS) is 10.6. The molecular formula is C13H11NO3. The van der Waals surface area contributed by atoms with Gasteiger partial charge in [0.15, 0.2) is 5.76 Å². The molecule has 86 valence electrons. The van der Waals surface area contributed by atoms with E-state index in [0.29, 0.717) is 5.69 Å². The van der Waals surface area contributed by atoms with Crippen molar-refractivity contribution in [2.24, 2.45) is 0 Å². The van der Waals surface area contributed by atoms with Crippen LogP contribution in [0.5, 0.6) is 5.75 Å². The number of ketones is 1. The molecule has 4 nitrogen and oxygen atoms in total. The van der Waals surface area contributed by atoms with E-state index in [0.717, 1.165) is 0 Å². The lowest BCUT2D eigenvalue weighted by atomic mass is 10.3. The molecule has 4 heteroatoms. The van der Waals surface area contributed by atoms with Gasteiger partial charge in [-0.2, -0.15) is 0 Å². The fraction of sp³-hybridized carbons (Fsp3) is 0. The number of para-hydroxylation sites is 2. The lowest BCUT2D eigenvalue weighted by molar-refractivity contribution is 0.102. The van der Waals surface area contributed by atoms with Gasteiger partial charge in [0, 0.05) is 12.3 Å². The van der Waals surface area contributed by atoms with Crippen LogP contribution in [0.25, 0.3) is 0 Å². The summed E-state index contributed by atoms with van der Waals surface area (Å²) < 4.78 is 4.94. The second-order valence-electron chi connectivity index (χ2n) is 3.34. The molecule has 0 aliphatic heterocycles. The van der Waals surface area contributed by atoms with Gasteiger partial charge >= 0.3 is 0 Å². The summed E-state index contributed by atoms with van der Waals surface area (Å²) in [6.07, 6.45) is 4.24. The van der Waals surface area contributed by atoms with E-state index in [9.17, 15) is 9.90 Å². The number of allylic oxidation sites excluding steroid dienone is 1. The van der Waals surface area contributed by atoms with Gasteiger partial charge in [0.2, 0.25) is 5.78 Å². The van der Waals surface area contributed by atoms with Crippen LogP contribution < -0.4 is 5.32 Å². The van der Waals surface area contributed by atoms with Crippen molar-refractivity contribution in [3.8, 4) is 5.75 Å². The highest BCUT2D eigenvalue weighted by atomic mass is 16.3. The third kappa shape index (κ3) is 2.75. The van der Waals surface area contributed by atoms with Gasteiger partial charge in [0.25, 0.3) is 0 Å². The molecule has 0 aliphatic carbocycles. The molecule has 2 N–H and O–H groups in total. The number of hydrogen-bond acceptors (Lipinski definition) is 4. The summed E-state index contributed by atoms with van der Waals surface area (Å²) in [4.78, 5) is 11.5. The molecule has 0 amide bonds. The predicted octanol–water partition coefficient (Wildman–Crippen LogP) is 2.79. The first-order valence-electron chi connectivity index (χ1n) is 5.06. The van der Waals surface area contributed by atoms with Gasteiger partial charge in [-0.25, -0.2) is 0 Å². The van der Waals surface area contributed by atoms with Gasteiger partial charge in [-0.1, -0.05) is 12.1 Å². The maximum atomic E-state index is 11.5. The third-order valence-corrected chi connectivity index (χ3v) is 2.14. The van der Waals surface area contributed by atoms with Crippen molar-refractivity contribution in [1.82, 2.24) is 0 Å². The molecular weight excluding hydrogens is 218 g/mol. The Kier molecular flexibility index (Phi) is 3.25. The smallest absolute Gasteiger partial charge is 0.222 e. The highest BCUT2D eigenvalue weighted by Gasteiger charge is 2.03. The lowest BCUT2D eigenvalue weighted by Gasteiger charge is -2.02. The van der Waals surface area contributed by atoms with Crippen LogP contribution in [-0.2, 0) is 0 Å². The van der Waals surface area contributed by atoms with Gasteiger partial charge in [-0.05, 0) is 24.3 Å². The summed E-state index contributed by atoms with van der Waals surface area (Å²) in [6, 6.07) is 10.0. The number of furan rings is 1. The Morgan fingerprint density at radius 2 is 2.06 bits per heavy atom. The van der Waals surface area contributed by atoms with E-state index in [-0.39, 0.29) is 17.3 Å². The highest BCUT2D eigenvalue weighted by molar-refractivity contribution is 6.02. The molecule has 0 fully saturated rings. The summed E-state index contributed by atoms with van der Waals surface area (Å²) in [7, 11) is 0. The first-order valence-corrected chi connectivity index (χ1v) is 5.06. The average molecular weight is 229 g/mol. The van der Waals surface area contributed by atoms with Gasteiger partial charge in [0.1, 0.15) is 5.75 Å². The highest BCUT2D eigenvalue weighted by Crippen LogP contribution is 2.21. The number of benzene rings is 1. The van der Waals surface area contributed by atoms with Crippen molar-refractivity contribution < 1.29 is 14.3 Å². The fourth-order valence-corrected chi connectivity index (χ4v) is 1.30. The summed E-state index contributed by atoms with van der Waals surface area (Å²) in [5.41, 5.74) is 0.538. The molecule has 0 atom stereocenters. The van der Waals surface area contributed by atoms with E-state index in [4.69, 9.17) is 4.42 Å². The van der Waals surface area contributed by atoms with E-state index in [1.54, 1.807) is 36.4 Å². The van der Waals surface area contributed by atoms with Gasteiger partial charge in [-0.15, -0.1) is 0 Å². The molecule has 0 saturated heterocycles. The quantitative estimate of drug-likeness (QED) is 0.480. The average Bonchev–Trinajstić information content (AvgIpc) is 2.85. The largest absolute Gasteiger partial charge is 0.506 e. The summed E-state index contributed by atoms with van der Waals surface area (Å²) in [6.45, 7) is 0. The third-order valence-electron chi connectivity index (χ3n) is 2.14. The van der Waals surface area contributed by atoms with E-state index in [2.05, 4.69) is 5.32 Å². The Morgan fingerprint density at radius 3 is 2.76 bits per heavy atom. The Bertz CT molecular complexity index is 529. The predicted molar refractivity (Wildman–Crippen MR) is 63.9 cm³/mol. The number of phenolic OH excluding ortho intramolecular Hbond substituents is 1. The summed E-state index contributed by atoms with van der Waals surface area (Å²) >= 11 is 0. The molecule has 17 heavy (non-hydrogen) atoms. The van der Waals surface area contributed by atoms with Crippen LogP contribution in [0.4, 0.5) is 5.69 Å². The van der Waals surface area contributed by atoms with Crippen molar-refractivity contribution in [3.63, 3.8) is 0 Å². The van der Waals surface area contributed by atoms with Crippen molar-refractivity contribution in [3.05, 3.63) is 60.7 Å². The Balaban J connectivity index is 1.99. The molecule has 1 heterocycles. The number of carbonyl (C=O) groups excluding carboxylic acids is 1. The van der Waals surface area contributed by atoms with Gasteiger partial charge in [-0.3, -0.25) is 4.79 Å². The first-order chi connectivity index (χ1) is 8.27. The molecule has 2 rings (SSSR count). The van der Waals surface area contributed by atoms with Crippen LogP contribution in [0.1, 0.15) is 10.6 Å². The molecule has 1 aromatic heterocycles. The van der Waals surface area contributed by atoms with Gasteiger partial charge in [0.05, 0.1) is 12.0 Å². The fourth-order valence-electron chi connectivity index (χ4n) is 1.30. The summed E-state index contributed by atoms with van der Waals surface area (Å²) in [5, 5.41) is 12.3. The number of phenols is 1. The molecule has 0 unspecified atom stereocenters. The number of aromatic hydroxyl groups is 1. The molecule has 0 bridgehead atoms. The Morgan fingerprint density at radius 1 is 1.24 bits per heavy atom. The number of rotatable bonds is 4. The minimum absolute atomic E-state index is 0.127. The monoisotopic (exact) mass is 229 g/mol. The minimum Gasteiger partial charge on any atom is -0.506 e. The molecule has 0 radical (unpaired) electrons. The Labute approximate surface area is 98.2 Å². The second kappa shape index (κ2) is 5.03. The molecule has 0 saturated carbocycles. The van der Waals surface area contributed by atoms with Gasteiger partial charge < -0.3 is 14.8 Å². The number of hydrogen-bond donors (Lipinski definition) is 2. The molecule has 2 aromatic rings. The van der Waals surface area contributed by atoms with Crippen molar-refractivity contribution in [2.75, 3.05) is 5.32 Å². The number of anilines is 1. The maximum absolute atomic E-state index is 11.5. The first kappa shape index (κ1) is 11.0. The number of carbonyl (C=O) groups is 1. The van der Waals surface area contributed by atoms with E-state index in [1.807, 2.05) is 0 Å². The van der Waals surface area contributed by atoms with Crippen LogP contribution in [0, 0.1) is 0 Å². The SMILES string of the molecule is O=C(/C=C/Nc1ccccc1O)c1ccco1. The van der Waals surface area contributed by atoms with Crippen molar-refractivity contribution in [1.29, 1.82) is 0 Å². The Hall–Kier alpha value is -2.49. The van der Waals surface area contributed by atoms with Crippen LogP contribution in [0.2, 0.25) is 0 Å². The topological polar surface area (TPSA) is 62.5 Å². The molecule has 0 aliphatic rings. The number of nitrogens with one attached hydrogen (secondary N) is 1. The van der Waals surface area contributed by atoms with Crippen molar-refractivity contribution >= 4 is 11.5 Å². The maximum Gasteiger partial charge on any atom is 0.222 e. The van der Waals surface area contributed by atoms with Crippen LogP contribution in [0.3, 0.4) is 0 Å². The zero-order chi connectivity index (χ0) is 12.1. The van der Waals surface area contributed by atoms with Crippen LogP contribution in [0.15, 0.2) is 59.4 Å². The standard InChI is InChI=1S/C13H11NO3/c15-11-5-2-1-4-10(11)14-8-7-12(16)13-6-3-9-17-13/h1-9,14-15H/b8-7+. The van der Waals surface area contributed by atoms with Crippen LogP contribution in [-0.4, -0.2) is 10.9 Å². The zero-order valence-electron chi connectivity index (χ0n) is 8.96. The summed E-state index contributed by atoms with van der Waals surface area (Å²) in [5.74, 6) is 0.167. The molecule has 1 aromatic carbocycles. The second-order valence-corrected chi connectivity index (χ2v) is 3.34. The lowest BCUT2D eigenvalue weighted by Crippen LogP contribution is -1.94. The minimum atomic E-state index is -0.238.